The Labute approximate surface area is 197 Å². The topological polar surface area (TPSA) is 49.6 Å². The van der Waals surface area contributed by atoms with Gasteiger partial charge in [0.25, 0.3) is 5.56 Å². The molecule has 7 heteroatoms. The maximum absolute atomic E-state index is 12.0. The van der Waals surface area contributed by atoms with Crippen LogP contribution in [0.1, 0.15) is 57.6 Å². The van der Waals surface area contributed by atoms with E-state index in [-0.39, 0.29) is 29.5 Å². The first kappa shape index (κ1) is 24.6. The molecular formula is C22H37IN4OS. The minimum Gasteiger partial charge on any atom is -0.357 e. The third-order valence-electron chi connectivity index (χ3n) is 5.97. The number of rotatable bonds is 6. The second-order valence-electron chi connectivity index (χ2n) is 8.11. The molecule has 0 bridgehead atoms. The molecule has 0 aromatic carbocycles. The molecule has 1 saturated heterocycles. The van der Waals surface area contributed by atoms with E-state index in [1.54, 1.807) is 6.07 Å². The summed E-state index contributed by atoms with van der Waals surface area (Å²) in [6.45, 7) is 8.89. The number of halogens is 1. The Morgan fingerprint density at radius 1 is 1.24 bits per heavy atom. The van der Waals surface area contributed by atoms with Crippen LogP contribution >= 0.6 is 35.7 Å². The van der Waals surface area contributed by atoms with Crippen molar-refractivity contribution in [2.75, 3.05) is 31.9 Å². The van der Waals surface area contributed by atoms with Gasteiger partial charge in [-0.1, -0.05) is 25.3 Å². The summed E-state index contributed by atoms with van der Waals surface area (Å²) < 4.78 is 2.32. The van der Waals surface area contributed by atoms with Gasteiger partial charge in [0, 0.05) is 55.0 Å². The molecule has 3 rings (SSSR count). The standard InChI is InChI=1S/C22H36N4OS.HI/c1-3-23-21(25-16-17-28-22(18-25)12-5-4-6-13-22)24-14-7-8-15-26-19(2)10-9-11-20(26)27;/h9-11H,3-8,12-18H2,1-2H3,(H,23,24);1H. The number of thioether (sulfide) groups is 1. The van der Waals surface area contributed by atoms with Gasteiger partial charge in [-0.3, -0.25) is 9.79 Å². The minimum atomic E-state index is 0. The van der Waals surface area contributed by atoms with Gasteiger partial charge < -0.3 is 14.8 Å². The highest BCUT2D eigenvalue weighted by Crippen LogP contribution is 2.42. The number of hydrogen-bond donors (Lipinski definition) is 1. The zero-order chi connectivity index (χ0) is 19.8. The summed E-state index contributed by atoms with van der Waals surface area (Å²) in [7, 11) is 0. The molecule has 1 aromatic heterocycles. The number of hydrogen-bond acceptors (Lipinski definition) is 3. The molecule has 0 amide bonds. The van der Waals surface area contributed by atoms with E-state index in [9.17, 15) is 4.79 Å². The van der Waals surface area contributed by atoms with Crippen molar-refractivity contribution in [2.45, 2.75) is 70.1 Å². The van der Waals surface area contributed by atoms with Crippen LogP contribution in [0.15, 0.2) is 28.0 Å². The van der Waals surface area contributed by atoms with Crippen LogP contribution in [0.25, 0.3) is 0 Å². The van der Waals surface area contributed by atoms with Crippen molar-refractivity contribution in [1.82, 2.24) is 14.8 Å². The Morgan fingerprint density at radius 2 is 2.03 bits per heavy atom. The van der Waals surface area contributed by atoms with Crippen LogP contribution in [-0.4, -0.2) is 52.1 Å². The number of nitrogens with one attached hydrogen (secondary N) is 1. The Bertz CT molecular complexity index is 709. The SMILES string of the molecule is CCNC(=NCCCCn1c(C)cccc1=O)N1CCSC2(CCCCC2)C1.I. The summed E-state index contributed by atoms with van der Waals surface area (Å²) >= 11 is 2.20. The van der Waals surface area contributed by atoms with Crippen LogP contribution in [0, 0.1) is 6.92 Å². The highest BCUT2D eigenvalue weighted by molar-refractivity contribution is 14.0. The van der Waals surface area contributed by atoms with Crippen molar-refractivity contribution >= 4 is 41.7 Å². The molecule has 1 saturated carbocycles. The van der Waals surface area contributed by atoms with Gasteiger partial charge in [0.15, 0.2) is 5.96 Å². The molecule has 29 heavy (non-hydrogen) atoms. The fraction of sp³-hybridized carbons (Fsp3) is 0.727. The van der Waals surface area contributed by atoms with E-state index >= 15 is 0 Å². The van der Waals surface area contributed by atoms with E-state index in [1.807, 2.05) is 23.6 Å². The van der Waals surface area contributed by atoms with E-state index in [4.69, 9.17) is 4.99 Å². The smallest absolute Gasteiger partial charge is 0.250 e. The van der Waals surface area contributed by atoms with E-state index in [0.29, 0.717) is 4.75 Å². The first-order valence-electron chi connectivity index (χ1n) is 11.0. The lowest BCUT2D eigenvalue weighted by molar-refractivity contribution is 0.293. The number of aryl methyl sites for hydroxylation is 1. The summed E-state index contributed by atoms with van der Waals surface area (Å²) in [6.07, 6.45) is 8.87. The summed E-state index contributed by atoms with van der Waals surface area (Å²) in [4.78, 5) is 19.4. The molecule has 0 atom stereocenters. The molecule has 2 heterocycles. The normalized spacial score (nSPS) is 19.1. The number of unbranched alkanes of at least 4 members (excludes halogenated alkanes) is 1. The zero-order valence-corrected chi connectivity index (χ0v) is 21.1. The van der Waals surface area contributed by atoms with Crippen molar-refractivity contribution in [1.29, 1.82) is 0 Å². The predicted octanol–water partition coefficient (Wildman–Crippen LogP) is 4.27. The molecule has 164 valence electrons. The molecule has 2 fully saturated rings. The average Bonchev–Trinajstić information content (AvgIpc) is 2.69. The van der Waals surface area contributed by atoms with E-state index in [2.05, 4.69) is 28.9 Å². The van der Waals surface area contributed by atoms with Crippen LogP contribution in [0.2, 0.25) is 0 Å². The zero-order valence-electron chi connectivity index (χ0n) is 18.0. The maximum atomic E-state index is 12.0. The molecule has 0 unspecified atom stereocenters. The highest BCUT2D eigenvalue weighted by Gasteiger charge is 2.38. The fourth-order valence-electron chi connectivity index (χ4n) is 4.43. The molecule has 1 N–H and O–H groups in total. The van der Waals surface area contributed by atoms with E-state index < -0.39 is 0 Å². The van der Waals surface area contributed by atoms with Crippen LogP contribution in [0.3, 0.4) is 0 Å². The molecule has 1 aliphatic carbocycles. The third-order valence-corrected chi connectivity index (χ3v) is 7.50. The summed E-state index contributed by atoms with van der Waals surface area (Å²) in [5, 5.41) is 3.51. The van der Waals surface area contributed by atoms with Crippen LogP contribution in [-0.2, 0) is 6.54 Å². The average molecular weight is 533 g/mol. The van der Waals surface area contributed by atoms with Gasteiger partial charge in [0.1, 0.15) is 0 Å². The number of pyridine rings is 1. The molecule has 1 aliphatic heterocycles. The van der Waals surface area contributed by atoms with Crippen LogP contribution in [0.4, 0.5) is 0 Å². The van der Waals surface area contributed by atoms with E-state index in [1.165, 1.54) is 37.9 Å². The Kier molecular flexibility index (Phi) is 10.4. The second kappa shape index (κ2) is 12.2. The number of aliphatic imine (C=N–C) groups is 1. The largest absolute Gasteiger partial charge is 0.357 e. The van der Waals surface area contributed by atoms with Gasteiger partial charge in [0.2, 0.25) is 0 Å². The first-order valence-corrected chi connectivity index (χ1v) is 12.0. The van der Waals surface area contributed by atoms with Crippen molar-refractivity contribution < 1.29 is 0 Å². The van der Waals surface area contributed by atoms with Crippen molar-refractivity contribution in [3.05, 3.63) is 34.2 Å². The quantitative estimate of drug-likeness (QED) is 0.257. The lowest BCUT2D eigenvalue weighted by Crippen LogP contribution is -2.53. The number of nitrogens with zero attached hydrogens (tertiary/aromatic N) is 3. The van der Waals surface area contributed by atoms with Crippen molar-refractivity contribution in [3.63, 3.8) is 0 Å². The van der Waals surface area contributed by atoms with Crippen LogP contribution < -0.4 is 10.9 Å². The van der Waals surface area contributed by atoms with E-state index in [0.717, 1.165) is 57.2 Å². The molecule has 1 spiro atoms. The third kappa shape index (κ3) is 6.91. The summed E-state index contributed by atoms with van der Waals surface area (Å²) in [5.41, 5.74) is 1.13. The van der Waals surface area contributed by atoms with Gasteiger partial charge in [-0.05, 0) is 45.6 Å². The maximum Gasteiger partial charge on any atom is 0.250 e. The monoisotopic (exact) mass is 532 g/mol. The lowest BCUT2D eigenvalue weighted by atomic mass is 9.87. The Balaban J connectivity index is 0.00000300. The Hall–Kier alpha value is -0.700. The fourth-order valence-corrected chi connectivity index (χ4v) is 6.00. The summed E-state index contributed by atoms with van der Waals surface area (Å²) in [5.74, 6) is 2.29. The van der Waals surface area contributed by atoms with Gasteiger partial charge >= 0.3 is 0 Å². The second-order valence-corrected chi connectivity index (χ2v) is 9.68. The lowest BCUT2D eigenvalue weighted by Gasteiger charge is -2.45. The molecule has 2 aliphatic rings. The molecule has 0 radical (unpaired) electrons. The highest BCUT2D eigenvalue weighted by atomic mass is 127. The van der Waals surface area contributed by atoms with Crippen molar-refractivity contribution in [3.8, 4) is 0 Å². The van der Waals surface area contributed by atoms with Crippen LogP contribution in [0.5, 0.6) is 0 Å². The Morgan fingerprint density at radius 3 is 2.76 bits per heavy atom. The molecule has 1 aromatic rings. The van der Waals surface area contributed by atoms with Gasteiger partial charge in [-0.25, -0.2) is 0 Å². The molecule has 5 nitrogen and oxygen atoms in total. The van der Waals surface area contributed by atoms with Gasteiger partial charge in [-0.2, -0.15) is 11.8 Å². The van der Waals surface area contributed by atoms with Gasteiger partial charge in [-0.15, -0.1) is 24.0 Å². The van der Waals surface area contributed by atoms with Crippen molar-refractivity contribution in [2.24, 2.45) is 4.99 Å². The number of aromatic nitrogens is 1. The number of guanidine groups is 1. The summed E-state index contributed by atoms with van der Waals surface area (Å²) in [6, 6.07) is 5.47. The minimum absolute atomic E-state index is 0. The molecular weight excluding hydrogens is 495 g/mol. The first-order chi connectivity index (χ1) is 13.6. The predicted molar refractivity (Wildman–Crippen MR) is 136 cm³/mol. The van der Waals surface area contributed by atoms with Gasteiger partial charge in [0.05, 0.1) is 0 Å².